The molecule has 2 aromatic rings. The molecular weight excluding hydrogens is 260 g/mol. The van der Waals surface area contributed by atoms with Crippen molar-refractivity contribution in [1.29, 1.82) is 0 Å². The van der Waals surface area contributed by atoms with Crippen LogP contribution in [-0.2, 0) is 6.42 Å². The van der Waals surface area contributed by atoms with Gasteiger partial charge >= 0.3 is 5.97 Å². The van der Waals surface area contributed by atoms with Crippen LogP contribution in [0.4, 0.5) is 0 Å². The van der Waals surface area contributed by atoms with E-state index in [0.29, 0.717) is 41.1 Å². The van der Waals surface area contributed by atoms with E-state index in [4.69, 9.17) is 15.2 Å². The Hall–Kier alpha value is -2.34. The van der Waals surface area contributed by atoms with E-state index >= 15 is 0 Å². The fraction of sp³-hybridized carbons (Fsp3) is 0.286. The van der Waals surface area contributed by atoms with E-state index in [-0.39, 0.29) is 5.56 Å². The smallest absolute Gasteiger partial charge is 0.336 e. The molecule has 2 rings (SSSR count). The van der Waals surface area contributed by atoms with Gasteiger partial charge in [-0.25, -0.2) is 9.78 Å². The van der Waals surface area contributed by atoms with Gasteiger partial charge in [0.05, 0.1) is 19.8 Å². The second kappa shape index (κ2) is 5.75. The molecule has 0 saturated carbocycles. The molecule has 1 heterocycles. The highest BCUT2D eigenvalue weighted by Gasteiger charge is 2.16. The average molecular weight is 276 g/mol. The number of ether oxygens (including phenoxy) is 2. The summed E-state index contributed by atoms with van der Waals surface area (Å²) in [6.45, 7) is 0.399. The summed E-state index contributed by atoms with van der Waals surface area (Å²) < 4.78 is 10.4. The molecule has 0 unspecified atom stereocenters. The van der Waals surface area contributed by atoms with Crippen molar-refractivity contribution < 1.29 is 19.4 Å². The number of fused-ring (bicyclic) bond motifs is 1. The minimum Gasteiger partial charge on any atom is -0.497 e. The molecule has 0 aliphatic carbocycles. The van der Waals surface area contributed by atoms with Gasteiger partial charge in [0.2, 0.25) is 0 Å². The largest absolute Gasteiger partial charge is 0.497 e. The van der Waals surface area contributed by atoms with Crippen LogP contribution in [0.15, 0.2) is 18.2 Å². The van der Waals surface area contributed by atoms with E-state index in [1.807, 2.05) is 0 Å². The van der Waals surface area contributed by atoms with E-state index in [0.717, 1.165) is 0 Å². The van der Waals surface area contributed by atoms with Crippen LogP contribution in [-0.4, -0.2) is 36.8 Å². The zero-order chi connectivity index (χ0) is 14.7. The maximum atomic E-state index is 11.4. The topological polar surface area (TPSA) is 94.7 Å². The van der Waals surface area contributed by atoms with Crippen molar-refractivity contribution >= 4 is 16.9 Å². The number of nitrogens with two attached hydrogens (primary N) is 1. The number of rotatable bonds is 5. The SMILES string of the molecule is COc1cc(OC)c2nc(CCN)cc(C(=O)O)c2c1. The highest BCUT2D eigenvalue weighted by molar-refractivity contribution is 6.04. The summed E-state index contributed by atoms with van der Waals surface area (Å²) in [5.74, 6) is -0.0306. The summed E-state index contributed by atoms with van der Waals surface area (Å²) in [5.41, 5.74) is 6.79. The Kier molecular flexibility index (Phi) is 4.05. The molecule has 3 N–H and O–H groups in total. The van der Waals surface area contributed by atoms with Gasteiger partial charge in [0, 0.05) is 23.6 Å². The summed E-state index contributed by atoms with van der Waals surface area (Å²) in [5, 5.41) is 9.84. The van der Waals surface area contributed by atoms with Crippen LogP contribution in [0.1, 0.15) is 16.1 Å². The van der Waals surface area contributed by atoms with E-state index in [1.165, 1.54) is 20.3 Å². The maximum Gasteiger partial charge on any atom is 0.336 e. The first kappa shape index (κ1) is 14.1. The Balaban J connectivity index is 2.81. The van der Waals surface area contributed by atoms with Gasteiger partial charge in [0.15, 0.2) is 0 Å². The molecule has 0 atom stereocenters. The molecule has 0 amide bonds. The highest BCUT2D eigenvalue weighted by Crippen LogP contribution is 2.32. The van der Waals surface area contributed by atoms with Crippen molar-refractivity contribution in [2.75, 3.05) is 20.8 Å². The Labute approximate surface area is 116 Å². The number of pyridine rings is 1. The van der Waals surface area contributed by atoms with Crippen LogP contribution in [0, 0.1) is 0 Å². The molecule has 0 aliphatic rings. The number of carboxylic acids is 1. The first-order valence-corrected chi connectivity index (χ1v) is 6.09. The number of carbonyl (C=O) groups is 1. The van der Waals surface area contributed by atoms with E-state index in [2.05, 4.69) is 4.98 Å². The van der Waals surface area contributed by atoms with E-state index < -0.39 is 5.97 Å². The van der Waals surface area contributed by atoms with Crippen molar-refractivity contribution in [3.8, 4) is 11.5 Å². The summed E-state index contributed by atoms with van der Waals surface area (Å²) in [6.07, 6.45) is 0.505. The number of carboxylic acid groups (broad SMARTS) is 1. The van der Waals surface area contributed by atoms with Crippen molar-refractivity contribution in [1.82, 2.24) is 4.98 Å². The molecular formula is C14H16N2O4. The predicted molar refractivity (Wildman–Crippen MR) is 74.6 cm³/mol. The molecule has 0 fully saturated rings. The van der Waals surface area contributed by atoms with Crippen LogP contribution < -0.4 is 15.2 Å². The van der Waals surface area contributed by atoms with Crippen LogP contribution in [0.5, 0.6) is 11.5 Å². The third kappa shape index (κ3) is 2.50. The Morgan fingerprint density at radius 3 is 2.60 bits per heavy atom. The van der Waals surface area contributed by atoms with Crippen LogP contribution >= 0.6 is 0 Å². The summed E-state index contributed by atoms with van der Waals surface area (Å²) in [6, 6.07) is 4.85. The average Bonchev–Trinajstić information content (AvgIpc) is 2.45. The Bertz CT molecular complexity index is 655. The van der Waals surface area contributed by atoms with Gasteiger partial charge in [-0.3, -0.25) is 0 Å². The Morgan fingerprint density at radius 2 is 2.05 bits per heavy atom. The molecule has 0 saturated heterocycles. The minimum atomic E-state index is -1.02. The lowest BCUT2D eigenvalue weighted by Crippen LogP contribution is -2.08. The van der Waals surface area contributed by atoms with Crippen molar-refractivity contribution in [2.24, 2.45) is 5.73 Å². The van der Waals surface area contributed by atoms with Crippen molar-refractivity contribution in [2.45, 2.75) is 6.42 Å². The molecule has 0 spiro atoms. The van der Waals surface area contributed by atoms with E-state index in [1.54, 1.807) is 12.1 Å². The number of hydrogen-bond acceptors (Lipinski definition) is 5. The fourth-order valence-electron chi connectivity index (χ4n) is 2.05. The van der Waals surface area contributed by atoms with Gasteiger partial charge in [0.25, 0.3) is 0 Å². The molecule has 6 nitrogen and oxygen atoms in total. The number of benzene rings is 1. The quantitative estimate of drug-likeness (QED) is 0.858. The second-order valence-corrected chi connectivity index (χ2v) is 4.23. The monoisotopic (exact) mass is 276 g/mol. The lowest BCUT2D eigenvalue weighted by molar-refractivity contribution is 0.0699. The highest BCUT2D eigenvalue weighted by atomic mass is 16.5. The second-order valence-electron chi connectivity index (χ2n) is 4.23. The van der Waals surface area contributed by atoms with Gasteiger partial charge in [-0.2, -0.15) is 0 Å². The lowest BCUT2D eigenvalue weighted by atomic mass is 10.1. The molecule has 0 bridgehead atoms. The van der Waals surface area contributed by atoms with Gasteiger partial charge < -0.3 is 20.3 Å². The summed E-state index contributed by atoms with van der Waals surface area (Å²) >= 11 is 0. The standard InChI is InChI=1S/C14H16N2O4/c1-19-9-6-10-11(14(17)18)5-8(3-4-15)16-13(10)12(7-9)20-2/h5-7H,3-4,15H2,1-2H3,(H,17,18). The van der Waals surface area contributed by atoms with Crippen molar-refractivity contribution in [3.05, 3.63) is 29.5 Å². The predicted octanol–water partition coefficient (Wildman–Crippen LogP) is 1.45. The molecule has 106 valence electrons. The zero-order valence-electron chi connectivity index (χ0n) is 11.3. The van der Waals surface area contributed by atoms with Gasteiger partial charge in [-0.05, 0) is 18.7 Å². The lowest BCUT2D eigenvalue weighted by Gasteiger charge is -2.11. The molecule has 20 heavy (non-hydrogen) atoms. The molecule has 1 aromatic heterocycles. The number of nitrogens with zero attached hydrogens (tertiary/aromatic N) is 1. The van der Waals surface area contributed by atoms with E-state index in [9.17, 15) is 9.90 Å². The van der Waals surface area contributed by atoms with Gasteiger partial charge in [0.1, 0.15) is 17.0 Å². The number of methoxy groups -OCH3 is 2. The van der Waals surface area contributed by atoms with Gasteiger partial charge in [-0.15, -0.1) is 0 Å². The minimum absolute atomic E-state index is 0.163. The van der Waals surface area contributed by atoms with Crippen LogP contribution in [0.25, 0.3) is 10.9 Å². The third-order valence-corrected chi connectivity index (χ3v) is 2.99. The van der Waals surface area contributed by atoms with Crippen LogP contribution in [0.3, 0.4) is 0 Å². The third-order valence-electron chi connectivity index (χ3n) is 2.99. The number of aromatic carboxylic acids is 1. The summed E-state index contributed by atoms with van der Waals surface area (Å²) in [4.78, 5) is 15.9. The fourth-order valence-corrected chi connectivity index (χ4v) is 2.05. The summed E-state index contributed by atoms with van der Waals surface area (Å²) in [7, 11) is 3.02. The molecule has 0 radical (unpaired) electrons. The maximum absolute atomic E-state index is 11.4. The number of aromatic nitrogens is 1. The van der Waals surface area contributed by atoms with Crippen molar-refractivity contribution in [3.63, 3.8) is 0 Å². The van der Waals surface area contributed by atoms with Crippen LogP contribution in [0.2, 0.25) is 0 Å². The van der Waals surface area contributed by atoms with Gasteiger partial charge in [-0.1, -0.05) is 0 Å². The normalized spacial score (nSPS) is 10.6. The molecule has 1 aromatic carbocycles. The number of hydrogen-bond donors (Lipinski definition) is 2. The first-order chi connectivity index (χ1) is 9.60. The molecule has 6 heteroatoms. The zero-order valence-corrected chi connectivity index (χ0v) is 11.3. The first-order valence-electron chi connectivity index (χ1n) is 6.09. The molecule has 0 aliphatic heterocycles. The Morgan fingerprint density at radius 1 is 1.30 bits per heavy atom.